The smallest absolute Gasteiger partial charge is 0.191 e. The topological polar surface area (TPSA) is 82.3 Å². The van der Waals surface area contributed by atoms with E-state index in [4.69, 9.17) is 20.8 Å². The zero-order valence-corrected chi connectivity index (χ0v) is 20.1. The number of thiophene rings is 1. The predicted molar refractivity (Wildman–Crippen MR) is 128 cm³/mol. The van der Waals surface area contributed by atoms with Gasteiger partial charge in [0.25, 0.3) is 0 Å². The highest BCUT2D eigenvalue weighted by Crippen LogP contribution is 2.26. The molecule has 0 saturated carbocycles. The largest absolute Gasteiger partial charge is 0.469 e. The molecule has 0 spiro atoms. The summed E-state index contributed by atoms with van der Waals surface area (Å²) in [6.45, 7) is 6.15. The molecule has 0 aromatic carbocycles. The van der Waals surface area contributed by atoms with Crippen LogP contribution in [0.2, 0.25) is 4.34 Å². The SMILES string of the molecule is I.OC(CN=C(NCCc1ccco1)NCCN1CCOCC1)c1ccc(Cl)s1. The number of furan rings is 1. The van der Waals surface area contributed by atoms with Crippen LogP contribution in [-0.2, 0) is 11.2 Å². The van der Waals surface area contributed by atoms with E-state index in [9.17, 15) is 5.11 Å². The molecule has 162 valence electrons. The Morgan fingerprint density at radius 2 is 2.03 bits per heavy atom. The minimum Gasteiger partial charge on any atom is -0.469 e. The molecule has 7 nitrogen and oxygen atoms in total. The summed E-state index contributed by atoms with van der Waals surface area (Å²) < 4.78 is 11.4. The molecule has 3 heterocycles. The van der Waals surface area contributed by atoms with Crippen LogP contribution in [-0.4, -0.2) is 68.4 Å². The number of guanidine groups is 1. The summed E-state index contributed by atoms with van der Waals surface area (Å²) in [5, 5.41) is 17.0. The Morgan fingerprint density at radius 1 is 1.24 bits per heavy atom. The first-order valence-corrected chi connectivity index (χ1v) is 10.7. The van der Waals surface area contributed by atoms with E-state index < -0.39 is 6.10 Å². The molecule has 0 aliphatic carbocycles. The number of nitrogens with zero attached hydrogens (tertiary/aromatic N) is 2. The highest BCUT2D eigenvalue weighted by molar-refractivity contribution is 14.0. The van der Waals surface area contributed by atoms with Crippen molar-refractivity contribution in [2.45, 2.75) is 12.5 Å². The highest BCUT2D eigenvalue weighted by Gasteiger charge is 2.12. The standard InChI is InChI=1S/C19H27ClN4O3S.HI/c20-18-4-3-17(28-18)16(25)14-23-19(21-6-5-15-2-1-11-27-15)22-7-8-24-9-12-26-13-10-24;/h1-4,11,16,25H,5-10,12-14H2,(H2,21,22,23);1H. The monoisotopic (exact) mass is 554 g/mol. The summed E-state index contributed by atoms with van der Waals surface area (Å²) in [6, 6.07) is 7.46. The number of hydrogen-bond donors (Lipinski definition) is 3. The van der Waals surface area contributed by atoms with Crippen molar-refractivity contribution >= 4 is 52.9 Å². The minimum absolute atomic E-state index is 0. The Labute approximate surface area is 197 Å². The average molecular weight is 555 g/mol. The van der Waals surface area contributed by atoms with Crippen molar-refractivity contribution in [1.29, 1.82) is 0 Å². The van der Waals surface area contributed by atoms with Crippen molar-refractivity contribution < 1.29 is 14.3 Å². The molecule has 2 aromatic heterocycles. The van der Waals surface area contributed by atoms with Gasteiger partial charge in [-0.05, 0) is 24.3 Å². The maximum absolute atomic E-state index is 10.3. The molecule has 1 aliphatic rings. The van der Waals surface area contributed by atoms with E-state index in [1.54, 1.807) is 12.3 Å². The van der Waals surface area contributed by atoms with E-state index in [2.05, 4.69) is 20.5 Å². The number of nitrogens with one attached hydrogen (secondary N) is 2. The molecule has 2 aromatic rings. The number of aliphatic imine (C=N–C) groups is 1. The second-order valence-electron chi connectivity index (χ2n) is 6.48. The van der Waals surface area contributed by atoms with Crippen LogP contribution in [0.15, 0.2) is 39.9 Å². The maximum Gasteiger partial charge on any atom is 0.191 e. The number of ether oxygens (including phenoxy) is 1. The summed E-state index contributed by atoms with van der Waals surface area (Å²) in [4.78, 5) is 7.72. The third-order valence-corrected chi connectivity index (χ3v) is 5.75. The van der Waals surface area contributed by atoms with Crippen molar-refractivity contribution in [1.82, 2.24) is 15.5 Å². The van der Waals surface area contributed by atoms with Crippen LogP contribution < -0.4 is 10.6 Å². The van der Waals surface area contributed by atoms with Crippen LogP contribution in [0.1, 0.15) is 16.7 Å². The highest BCUT2D eigenvalue weighted by atomic mass is 127. The van der Waals surface area contributed by atoms with E-state index in [1.165, 1.54) is 11.3 Å². The first kappa shape index (κ1) is 24.4. The van der Waals surface area contributed by atoms with Crippen LogP contribution in [0.4, 0.5) is 0 Å². The molecule has 1 unspecified atom stereocenters. The molecular formula is C19H28ClIN4O3S. The van der Waals surface area contributed by atoms with Gasteiger partial charge in [-0.1, -0.05) is 11.6 Å². The lowest BCUT2D eigenvalue weighted by molar-refractivity contribution is 0.0389. The number of rotatable bonds is 9. The summed E-state index contributed by atoms with van der Waals surface area (Å²) in [5.41, 5.74) is 0. The second kappa shape index (κ2) is 13.5. The van der Waals surface area contributed by atoms with Crippen LogP contribution in [0, 0.1) is 0 Å². The van der Waals surface area contributed by atoms with E-state index in [-0.39, 0.29) is 30.5 Å². The zero-order chi connectivity index (χ0) is 19.6. The third-order valence-electron chi connectivity index (χ3n) is 4.41. The third kappa shape index (κ3) is 8.81. The van der Waals surface area contributed by atoms with Crippen molar-refractivity contribution in [3.63, 3.8) is 0 Å². The molecule has 0 amide bonds. The van der Waals surface area contributed by atoms with Gasteiger partial charge in [-0.2, -0.15) is 0 Å². The van der Waals surface area contributed by atoms with Gasteiger partial charge < -0.3 is 24.9 Å². The maximum atomic E-state index is 10.3. The van der Waals surface area contributed by atoms with Gasteiger partial charge in [-0.25, -0.2) is 0 Å². The van der Waals surface area contributed by atoms with Gasteiger partial charge in [0, 0.05) is 44.0 Å². The summed E-state index contributed by atoms with van der Waals surface area (Å²) >= 11 is 7.33. The lowest BCUT2D eigenvalue weighted by Crippen LogP contribution is -2.45. The molecule has 3 rings (SSSR count). The second-order valence-corrected chi connectivity index (χ2v) is 8.23. The van der Waals surface area contributed by atoms with Crippen LogP contribution in [0.5, 0.6) is 0 Å². The molecule has 29 heavy (non-hydrogen) atoms. The van der Waals surface area contributed by atoms with Crippen molar-refractivity contribution in [2.24, 2.45) is 4.99 Å². The average Bonchev–Trinajstić information content (AvgIpc) is 3.38. The van der Waals surface area contributed by atoms with E-state index >= 15 is 0 Å². The predicted octanol–water partition coefficient (Wildman–Crippen LogP) is 2.76. The van der Waals surface area contributed by atoms with Gasteiger partial charge in [-0.15, -0.1) is 35.3 Å². The Hall–Kier alpha value is -0.850. The van der Waals surface area contributed by atoms with Gasteiger partial charge in [0.1, 0.15) is 11.9 Å². The molecule has 1 saturated heterocycles. The van der Waals surface area contributed by atoms with Crippen LogP contribution >= 0.6 is 46.9 Å². The van der Waals surface area contributed by atoms with Crippen LogP contribution in [0.3, 0.4) is 0 Å². The fourth-order valence-corrected chi connectivity index (χ4v) is 3.90. The zero-order valence-electron chi connectivity index (χ0n) is 16.2. The lowest BCUT2D eigenvalue weighted by atomic mass is 10.3. The van der Waals surface area contributed by atoms with Crippen molar-refractivity contribution in [3.05, 3.63) is 45.5 Å². The number of halogens is 2. The molecule has 0 radical (unpaired) electrons. The lowest BCUT2D eigenvalue weighted by Gasteiger charge is -2.26. The molecule has 1 fully saturated rings. The fourth-order valence-electron chi connectivity index (χ4n) is 2.87. The van der Waals surface area contributed by atoms with Gasteiger partial charge in [0.05, 0.1) is 30.4 Å². The van der Waals surface area contributed by atoms with Gasteiger partial charge in [0.2, 0.25) is 0 Å². The van der Waals surface area contributed by atoms with Crippen molar-refractivity contribution in [2.75, 3.05) is 52.5 Å². The van der Waals surface area contributed by atoms with Crippen molar-refractivity contribution in [3.8, 4) is 0 Å². The molecule has 3 N–H and O–H groups in total. The number of aliphatic hydroxyl groups excluding tert-OH is 1. The Morgan fingerprint density at radius 3 is 2.72 bits per heavy atom. The molecule has 1 aliphatic heterocycles. The fraction of sp³-hybridized carbons (Fsp3) is 0.526. The summed E-state index contributed by atoms with van der Waals surface area (Å²) in [5.74, 6) is 1.61. The van der Waals surface area contributed by atoms with E-state index in [1.807, 2.05) is 18.2 Å². The number of aliphatic hydroxyl groups is 1. The van der Waals surface area contributed by atoms with Gasteiger partial charge in [-0.3, -0.25) is 9.89 Å². The Bertz CT molecular complexity index is 723. The first-order valence-electron chi connectivity index (χ1n) is 9.48. The van der Waals surface area contributed by atoms with Gasteiger partial charge in [0.15, 0.2) is 5.96 Å². The van der Waals surface area contributed by atoms with Crippen LogP contribution in [0.25, 0.3) is 0 Å². The molecule has 10 heteroatoms. The molecule has 1 atom stereocenters. The summed E-state index contributed by atoms with van der Waals surface area (Å²) in [6.07, 6.45) is 1.77. The Kier molecular flexibility index (Phi) is 11.3. The summed E-state index contributed by atoms with van der Waals surface area (Å²) in [7, 11) is 0. The van der Waals surface area contributed by atoms with E-state index in [0.29, 0.717) is 16.8 Å². The quantitative estimate of drug-likeness (QED) is 0.251. The number of morpholine rings is 1. The molecule has 0 bridgehead atoms. The normalized spacial score (nSPS) is 16.3. The van der Waals surface area contributed by atoms with Gasteiger partial charge >= 0.3 is 0 Å². The Balaban J connectivity index is 0.00000300. The first-order chi connectivity index (χ1) is 13.7. The minimum atomic E-state index is -0.666. The molecular weight excluding hydrogens is 527 g/mol. The van der Waals surface area contributed by atoms with E-state index in [0.717, 1.165) is 56.5 Å². The number of hydrogen-bond acceptors (Lipinski definition) is 6.